The Hall–Kier alpha value is -2.23. The molecule has 0 aliphatic heterocycles. The summed E-state index contributed by atoms with van der Waals surface area (Å²) in [6.45, 7) is 0. The molecule has 0 unspecified atom stereocenters. The van der Waals surface area contributed by atoms with Gasteiger partial charge in [-0.15, -0.1) is 0 Å². The zero-order chi connectivity index (χ0) is 12.3. The van der Waals surface area contributed by atoms with E-state index >= 15 is 0 Å². The molecule has 17 heavy (non-hydrogen) atoms. The largest absolute Gasteiger partial charge is 0.322 e. The third-order valence-corrected chi connectivity index (χ3v) is 2.21. The van der Waals surface area contributed by atoms with Gasteiger partial charge in [-0.2, -0.15) is 0 Å². The SMILES string of the molecule is O=C(Nc1ccccc1)c1ccc(F)cc1F. The molecule has 86 valence electrons. The summed E-state index contributed by atoms with van der Waals surface area (Å²) in [5.41, 5.74) is 0.372. The molecule has 0 heterocycles. The van der Waals surface area contributed by atoms with Gasteiger partial charge in [0, 0.05) is 11.8 Å². The van der Waals surface area contributed by atoms with Crippen molar-refractivity contribution < 1.29 is 13.6 Å². The van der Waals surface area contributed by atoms with Crippen LogP contribution in [0.15, 0.2) is 48.5 Å². The van der Waals surface area contributed by atoms with Crippen molar-refractivity contribution in [1.29, 1.82) is 0 Å². The van der Waals surface area contributed by atoms with Crippen LogP contribution in [0.25, 0.3) is 0 Å². The molecule has 0 bridgehead atoms. The van der Waals surface area contributed by atoms with E-state index < -0.39 is 17.5 Å². The Bertz CT molecular complexity index is 540. The average Bonchev–Trinajstić information content (AvgIpc) is 2.30. The van der Waals surface area contributed by atoms with Gasteiger partial charge < -0.3 is 5.32 Å². The number of benzene rings is 2. The summed E-state index contributed by atoms with van der Waals surface area (Å²) in [7, 11) is 0. The molecule has 0 saturated carbocycles. The fraction of sp³-hybridized carbons (Fsp3) is 0. The van der Waals surface area contributed by atoms with Crippen LogP contribution in [-0.2, 0) is 0 Å². The number of hydrogen-bond acceptors (Lipinski definition) is 1. The molecule has 1 N–H and O–H groups in total. The number of nitrogens with one attached hydrogen (secondary N) is 1. The number of anilines is 1. The van der Waals surface area contributed by atoms with E-state index in [1.165, 1.54) is 0 Å². The second kappa shape index (κ2) is 4.74. The predicted molar refractivity (Wildman–Crippen MR) is 60.8 cm³/mol. The second-order valence-corrected chi connectivity index (χ2v) is 3.44. The minimum absolute atomic E-state index is 0.185. The maximum absolute atomic E-state index is 13.3. The molecule has 4 heteroatoms. The van der Waals surface area contributed by atoms with E-state index in [2.05, 4.69) is 5.32 Å². The molecule has 0 aromatic heterocycles. The number of halogens is 2. The molecule has 0 aliphatic carbocycles. The number of hydrogen-bond donors (Lipinski definition) is 1. The van der Waals surface area contributed by atoms with E-state index in [0.29, 0.717) is 11.8 Å². The Labute approximate surface area is 96.9 Å². The second-order valence-electron chi connectivity index (χ2n) is 3.44. The summed E-state index contributed by atoms with van der Waals surface area (Å²) < 4.78 is 26.0. The number of carbonyl (C=O) groups excluding carboxylic acids is 1. The van der Waals surface area contributed by atoms with Gasteiger partial charge in [0.25, 0.3) is 5.91 Å². The predicted octanol–water partition coefficient (Wildman–Crippen LogP) is 3.22. The van der Waals surface area contributed by atoms with Gasteiger partial charge in [0.15, 0.2) is 0 Å². The van der Waals surface area contributed by atoms with Crippen molar-refractivity contribution in [3.8, 4) is 0 Å². The molecule has 0 fully saturated rings. The first kappa shape index (κ1) is 11.3. The molecule has 2 nitrogen and oxygen atoms in total. The van der Waals surface area contributed by atoms with Gasteiger partial charge in [-0.1, -0.05) is 18.2 Å². The van der Waals surface area contributed by atoms with Gasteiger partial charge in [-0.05, 0) is 24.3 Å². The first-order valence-corrected chi connectivity index (χ1v) is 4.98. The third kappa shape index (κ3) is 2.66. The van der Waals surface area contributed by atoms with Crippen molar-refractivity contribution in [2.24, 2.45) is 0 Å². The first-order chi connectivity index (χ1) is 8.16. The Morgan fingerprint density at radius 2 is 1.71 bits per heavy atom. The smallest absolute Gasteiger partial charge is 0.258 e. The maximum Gasteiger partial charge on any atom is 0.258 e. The maximum atomic E-state index is 13.3. The van der Waals surface area contributed by atoms with Crippen molar-refractivity contribution in [1.82, 2.24) is 0 Å². The van der Waals surface area contributed by atoms with Gasteiger partial charge in [0.05, 0.1) is 5.56 Å². The van der Waals surface area contributed by atoms with Crippen LogP contribution < -0.4 is 5.32 Å². The van der Waals surface area contributed by atoms with E-state index in [4.69, 9.17) is 0 Å². The van der Waals surface area contributed by atoms with Crippen molar-refractivity contribution in [2.75, 3.05) is 5.32 Å². The van der Waals surface area contributed by atoms with Crippen molar-refractivity contribution in [3.05, 3.63) is 65.7 Å². The molecule has 2 aromatic rings. The monoisotopic (exact) mass is 233 g/mol. The molecule has 1 amide bonds. The van der Waals surface area contributed by atoms with E-state index in [1.807, 2.05) is 0 Å². The highest BCUT2D eigenvalue weighted by Crippen LogP contribution is 2.12. The fourth-order valence-corrected chi connectivity index (χ4v) is 1.39. The Balaban J connectivity index is 2.21. The number of para-hydroxylation sites is 1. The highest BCUT2D eigenvalue weighted by molar-refractivity contribution is 6.04. The Morgan fingerprint density at radius 1 is 1.00 bits per heavy atom. The number of rotatable bonds is 2. The average molecular weight is 233 g/mol. The Morgan fingerprint density at radius 3 is 2.35 bits per heavy atom. The van der Waals surface area contributed by atoms with Gasteiger partial charge in [-0.25, -0.2) is 8.78 Å². The molecule has 0 radical (unpaired) electrons. The summed E-state index contributed by atoms with van der Waals surface area (Å²) in [6, 6.07) is 11.5. The van der Waals surface area contributed by atoms with Crippen LogP contribution in [0.3, 0.4) is 0 Å². The molecule has 0 atom stereocenters. The summed E-state index contributed by atoms with van der Waals surface area (Å²) in [4.78, 5) is 11.7. The zero-order valence-corrected chi connectivity index (χ0v) is 8.78. The quantitative estimate of drug-likeness (QED) is 0.847. The van der Waals surface area contributed by atoms with Crippen LogP contribution in [-0.4, -0.2) is 5.91 Å². The fourth-order valence-electron chi connectivity index (χ4n) is 1.39. The third-order valence-electron chi connectivity index (χ3n) is 2.21. The van der Waals surface area contributed by atoms with Crippen molar-refractivity contribution in [2.45, 2.75) is 0 Å². The van der Waals surface area contributed by atoms with Crippen LogP contribution in [0, 0.1) is 11.6 Å². The van der Waals surface area contributed by atoms with Crippen LogP contribution >= 0.6 is 0 Å². The summed E-state index contributed by atoms with van der Waals surface area (Å²) in [6.07, 6.45) is 0. The lowest BCUT2D eigenvalue weighted by atomic mass is 10.2. The normalized spacial score (nSPS) is 10.0. The molecule has 2 rings (SSSR count). The van der Waals surface area contributed by atoms with Crippen LogP contribution in [0.2, 0.25) is 0 Å². The van der Waals surface area contributed by atoms with Gasteiger partial charge in [0.1, 0.15) is 11.6 Å². The summed E-state index contributed by atoms with van der Waals surface area (Å²) in [5.74, 6) is -2.19. The topological polar surface area (TPSA) is 29.1 Å². The number of amides is 1. The lowest BCUT2D eigenvalue weighted by molar-refractivity contribution is 0.102. The first-order valence-electron chi connectivity index (χ1n) is 4.98. The summed E-state index contributed by atoms with van der Waals surface area (Å²) >= 11 is 0. The van der Waals surface area contributed by atoms with Crippen LogP contribution in [0.4, 0.5) is 14.5 Å². The standard InChI is InChI=1S/C13H9F2NO/c14-9-6-7-11(12(15)8-9)13(17)16-10-4-2-1-3-5-10/h1-8H,(H,16,17). The summed E-state index contributed by atoms with van der Waals surface area (Å²) in [5, 5.41) is 2.52. The van der Waals surface area contributed by atoms with Gasteiger partial charge in [-0.3, -0.25) is 4.79 Å². The highest BCUT2D eigenvalue weighted by atomic mass is 19.1. The molecule has 0 aliphatic rings. The number of carbonyl (C=O) groups is 1. The molecule has 0 saturated heterocycles. The van der Waals surface area contributed by atoms with Gasteiger partial charge >= 0.3 is 0 Å². The van der Waals surface area contributed by atoms with Crippen LogP contribution in [0.1, 0.15) is 10.4 Å². The zero-order valence-electron chi connectivity index (χ0n) is 8.78. The molecule has 0 spiro atoms. The molecular weight excluding hydrogens is 224 g/mol. The highest BCUT2D eigenvalue weighted by Gasteiger charge is 2.12. The van der Waals surface area contributed by atoms with E-state index in [1.54, 1.807) is 30.3 Å². The lowest BCUT2D eigenvalue weighted by Crippen LogP contribution is -2.13. The minimum Gasteiger partial charge on any atom is -0.322 e. The molecular formula is C13H9F2NO. The van der Waals surface area contributed by atoms with E-state index in [-0.39, 0.29) is 5.56 Å². The van der Waals surface area contributed by atoms with Gasteiger partial charge in [0.2, 0.25) is 0 Å². The molecule has 2 aromatic carbocycles. The van der Waals surface area contributed by atoms with Crippen molar-refractivity contribution >= 4 is 11.6 Å². The van der Waals surface area contributed by atoms with E-state index in [0.717, 1.165) is 12.1 Å². The lowest BCUT2D eigenvalue weighted by Gasteiger charge is -2.05. The van der Waals surface area contributed by atoms with Crippen LogP contribution in [0.5, 0.6) is 0 Å². The Kier molecular flexibility index (Phi) is 3.14. The van der Waals surface area contributed by atoms with E-state index in [9.17, 15) is 13.6 Å². The minimum atomic E-state index is -0.876. The van der Waals surface area contributed by atoms with Crippen molar-refractivity contribution in [3.63, 3.8) is 0 Å².